The van der Waals surface area contributed by atoms with E-state index in [2.05, 4.69) is 120 Å². The Bertz CT molecular complexity index is 3000. The van der Waals surface area contributed by atoms with E-state index in [0.717, 1.165) is 83.2 Å². The van der Waals surface area contributed by atoms with Gasteiger partial charge in [0.1, 0.15) is 0 Å². The van der Waals surface area contributed by atoms with Crippen molar-refractivity contribution in [1.82, 2.24) is 29.9 Å². The Labute approximate surface area is 342 Å². The number of pyridine rings is 6. The number of aromatic nitrogens is 6. The van der Waals surface area contributed by atoms with Gasteiger partial charge in [0.15, 0.2) is 0 Å². The molecule has 3 aromatic carbocycles. The van der Waals surface area contributed by atoms with Gasteiger partial charge in [0, 0.05) is 110 Å². The molecule has 268 valence electrons. The molecule has 56 heavy (non-hydrogen) atoms. The van der Waals surface area contributed by atoms with E-state index in [1.807, 2.05) is 60.1 Å². The molecule has 0 aliphatic carbocycles. The topological polar surface area (TPSA) is 89.7 Å². The van der Waals surface area contributed by atoms with Crippen LogP contribution in [0.15, 0.2) is 169 Å². The molecule has 0 unspecified atom stereocenters. The summed E-state index contributed by atoms with van der Waals surface area (Å²) >= 11 is 3.59. The van der Waals surface area contributed by atoms with Gasteiger partial charge in [-0.1, -0.05) is 60.7 Å². The Hall–Kier alpha value is -6.19. The van der Waals surface area contributed by atoms with E-state index in [9.17, 15) is 0 Å². The van der Waals surface area contributed by atoms with Gasteiger partial charge in [-0.25, -0.2) is 0 Å². The number of nitrogens with zero attached hydrogens (tertiary/aromatic N) is 7. The number of aliphatic imine (C=N–C) groups is 1. The fourth-order valence-electron chi connectivity index (χ4n) is 7.11. The molecule has 0 spiro atoms. The summed E-state index contributed by atoms with van der Waals surface area (Å²) in [4.78, 5) is 35.5. The van der Waals surface area contributed by atoms with Gasteiger partial charge in [-0.05, 0) is 71.6 Å². The molecule has 11 aromatic rings. The maximum atomic E-state index is 5.06. The predicted octanol–water partition coefficient (Wildman–Crippen LogP) is 11.8. The maximum Gasteiger partial charge on any atom is 0.0986 e. The average Bonchev–Trinajstić information content (AvgIpc) is 4.07. The average molecular weight is 845 g/mol. The van der Waals surface area contributed by atoms with Crippen LogP contribution in [0.3, 0.4) is 0 Å². The number of rotatable bonds is 2. The zero-order valence-electron chi connectivity index (χ0n) is 29.6. The monoisotopic (exact) mass is 845 g/mol. The summed E-state index contributed by atoms with van der Waals surface area (Å²) in [7, 11) is 0. The van der Waals surface area contributed by atoms with Gasteiger partial charge in [-0.3, -0.25) is 34.9 Å². The summed E-state index contributed by atoms with van der Waals surface area (Å²) in [6.45, 7) is 0. The van der Waals surface area contributed by atoms with E-state index in [1.54, 1.807) is 36.1 Å². The van der Waals surface area contributed by atoms with Gasteiger partial charge in [-0.2, -0.15) is 0 Å². The number of benzene rings is 3. The minimum absolute atomic E-state index is 0. The molecule has 0 saturated carbocycles. The molecule has 7 nitrogen and oxygen atoms in total. The van der Waals surface area contributed by atoms with Crippen LogP contribution in [0.5, 0.6) is 0 Å². The minimum Gasteiger partial charge on any atom is -0.254 e. The molecule has 0 amide bonds. The molecular formula is C46H29N7RuS2. The van der Waals surface area contributed by atoms with E-state index in [0.29, 0.717) is 0 Å². The first-order valence-electron chi connectivity index (χ1n) is 17.8. The Morgan fingerprint density at radius 3 is 1.34 bits per heavy atom. The Kier molecular flexibility index (Phi) is 9.84. The van der Waals surface area contributed by atoms with Crippen LogP contribution in [-0.2, 0) is 25.9 Å². The standard InChI is InChI=1S/C22H13N3S2.2C12H8N2.Ru/c1-4-13-15-12-16(17-7-8-19(27-17)18-6-3-11-26-18)25-20(15)14-5-2-10-24-22(14)21(13)23-9-1;2*1-3-9-5-6-10-4-2-8-14-12(10)11(9)13-7-1;/h1-11H,12H2;2*1-8H;. The minimum atomic E-state index is 0. The Morgan fingerprint density at radius 2 is 0.839 bits per heavy atom. The Balaban J connectivity index is 0.000000119. The third-order valence-electron chi connectivity index (χ3n) is 9.64. The van der Waals surface area contributed by atoms with E-state index >= 15 is 0 Å². The first kappa shape index (κ1) is 35.5. The smallest absolute Gasteiger partial charge is 0.0986 e. The second-order valence-corrected chi connectivity index (χ2v) is 15.0. The molecule has 1 aliphatic heterocycles. The van der Waals surface area contributed by atoms with Crippen molar-refractivity contribution in [2.24, 2.45) is 4.99 Å². The molecule has 10 heteroatoms. The third-order valence-corrected chi connectivity index (χ3v) is 11.8. The maximum absolute atomic E-state index is 5.06. The summed E-state index contributed by atoms with van der Waals surface area (Å²) in [5.74, 6) is 0. The van der Waals surface area contributed by atoms with Crippen LogP contribution in [0, 0.1) is 0 Å². The van der Waals surface area contributed by atoms with Crippen molar-refractivity contribution >= 4 is 99.5 Å². The van der Waals surface area contributed by atoms with Crippen LogP contribution in [0.1, 0.15) is 10.4 Å². The van der Waals surface area contributed by atoms with Crippen LogP contribution in [0.25, 0.3) is 75.2 Å². The molecule has 1 aliphatic rings. The molecule has 9 heterocycles. The number of thiophene rings is 2. The number of hydrogen-bond donors (Lipinski definition) is 0. The largest absolute Gasteiger partial charge is 0.254 e. The van der Waals surface area contributed by atoms with Crippen molar-refractivity contribution < 1.29 is 19.5 Å². The van der Waals surface area contributed by atoms with Crippen molar-refractivity contribution in [3.8, 4) is 9.75 Å². The van der Waals surface area contributed by atoms with Crippen molar-refractivity contribution in [2.45, 2.75) is 6.42 Å². The van der Waals surface area contributed by atoms with E-state index in [-0.39, 0.29) is 19.5 Å². The second-order valence-electron chi connectivity index (χ2n) is 12.9. The molecule has 0 saturated heterocycles. The van der Waals surface area contributed by atoms with Crippen molar-refractivity contribution in [3.05, 3.63) is 174 Å². The molecular weight excluding hydrogens is 816 g/mol. The summed E-state index contributed by atoms with van der Waals surface area (Å²) in [5, 5.41) is 8.92. The van der Waals surface area contributed by atoms with Crippen LogP contribution >= 0.6 is 22.7 Å². The quantitative estimate of drug-likeness (QED) is 0.127. The number of fused-ring (bicyclic) bond motifs is 12. The third kappa shape index (κ3) is 6.62. The predicted molar refractivity (Wildman–Crippen MR) is 229 cm³/mol. The van der Waals surface area contributed by atoms with Crippen LogP contribution in [0.4, 0.5) is 5.69 Å². The van der Waals surface area contributed by atoms with E-state index in [1.165, 1.54) is 20.2 Å². The fourth-order valence-corrected chi connectivity index (χ4v) is 8.93. The molecule has 0 fully saturated rings. The van der Waals surface area contributed by atoms with Gasteiger partial charge >= 0.3 is 0 Å². The Morgan fingerprint density at radius 1 is 0.393 bits per heavy atom. The molecule has 8 aromatic heterocycles. The molecule has 0 N–H and O–H groups in total. The zero-order chi connectivity index (χ0) is 36.6. The molecule has 0 radical (unpaired) electrons. The van der Waals surface area contributed by atoms with Crippen LogP contribution in [-0.4, -0.2) is 35.6 Å². The van der Waals surface area contributed by atoms with Gasteiger partial charge in [0.2, 0.25) is 0 Å². The van der Waals surface area contributed by atoms with Crippen molar-refractivity contribution in [3.63, 3.8) is 0 Å². The van der Waals surface area contributed by atoms with Crippen LogP contribution in [0.2, 0.25) is 0 Å². The summed E-state index contributed by atoms with van der Waals surface area (Å²) in [6.07, 6.45) is 11.7. The number of hydrogen-bond acceptors (Lipinski definition) is 9. The normalized spacial score (nSPS) is 11.8. The zero-order valence-corrected chi connectivity index (χ0v) is 33.0. The van der Waals surface area contributed by atoms with Gasteiger partial charge < -0.3 is 0 Å². The van der Waals surface area contributed by atoms with Gasteiger partial charge in [-0.15, -0.1) is 22.7 Å². The SMILES string of the molecule is [Ru].c1cnc2c(c1)ccc1cccnc12.c1cnc2c(c1)ccc1cccnc12.c1csc(-c2ccc(C3=Nc4c(c5cccnc5c5ncccc45)C3)s2)c1. The van der Waals surface area contributed by atoms with Crippen molar-refractivity contribution in [2.75, 3.05) is 0 Å². The first-order chi connectivity index (χ1) is 27.3. The first-order valence-corrected chi connectivity index (χ1v) is 19.5. The molecule has 12 rings (SSSR count). The van der Waals surface area contributed by atoms with Gasteiger partial charge in [0.25, 0.3) is 0 Å². The molecule has 0 atom stereocenters. The van der Waals surface area contributed by atoms with Crippen molar-refractivity contribution in [1.29, 1.82) is 0 Å². The van der Waals surface area contributed by atoms with Crippen LogP contribution < -0.4 is 0 Å². The second kappa shape index (κ2) is 15.5. The molecule has 0 bridgehead atoms. The van der Waals surface area contributed by atoms with E-state index < -0.39 is 0 Å². The summed E-state index contributed by atoms with van der Waals surface area (Å²) < 4.78 is 0. The van der Waals surface area contributed by atoms with Gasteiger partial charge in [0.05, 0.1) is 44.5 Å². The van der Waals surface area contributed by atoms with E-state index in [4.69, 9.17) is 4.99 Å². The fraction of sp³-hybridized carbons (Fsp3) is 0.0217. The summed E-state index contributed by atoms with van der Waals surface area (Å²) in [5.41, 5.74) is 9.27. The summed E-state index contributed by atoms with van der Waals surface area (Å²) in [6, 6.07) is 41.2.